The SMILES string of the molecule is CO[C@H]1CNCC1Nc1nccs1. The van der Waals surface area contributed by atoms with Crippen LogP contribution in [0.1, 0.15) is 0 Å². The summed E-state index contributed by atoms with van der Waals surface area (Å²) in [5.74, 6) is 0. The van der Waals surface area contributed by atoms with Crippen LogP contribution < -0.4 is 10.6 Å². The topological polar surface area (TPSA) is 46.2 Å². The maximum absolute atomic E-state index is 5.32. The third-order valence-corrected chi connectivity index (χ3v) is 2.91. The second-order valence-electron chi connectivity index (χ2n) is 3.02. The highest BCUT2D eigenvalue weighted by Gasteiger charge is 2.26. The maximum Gasteiger partial charge on any atom is 0.182 e. The van der Waals surface area contributed by atoms with Crippen LogP contribution in [-0.4, -0.2) is 37.3 Å². The van der Waals surface area contributed by atoms with Gasteiger partial charge in [-0.25, -0.2) is 4.98 Å². The molecule has 0 aliphatic carbocycles. The Labute approximate surface area is 81.3 Å². The van der Waals surface area contributed by atoms with E-state index in [0.29, 0.717) is 6.04 Å². The Hall–Kier alpha value is -0.650. The minimum atomic E-state index is 0.254. The highest BCUT2D eigenvalue weighted by molar-refractivity contribution is 7.13. The first-order valence-electron chi connectivity index (χ1n) is 4.29. The predicted molar refractivity (Wildman–Crippen MR) is 53.2 cm³/mol. The van der Waals surface area contributed by atoms with Gasteiger partial charge in [-0.1, -0.05) is 0 Å². The number of ether oxygens (including phenoxy) is 1. The van der Waals surface area contributed by atoms with Crippen molar-refractivity contribution in [1.82, 2.24) is 10.3 Å². The van der Waals surface area contributed by atoms with Crippen LogP contribution in [-0.2, 0) is 4.74 Å². The summed E-state index contributed by atoms with van der Waals surface area (Å²) in [6.45, 7) is 1.86. The minimum absolute atomic E-state index is 0.254. The molecular formula is C8H13N3OS. The number of rotatable bonds is 3. The van der Waals surface area contributed by atoms with Gasteiger partial charge in [-0.05, 0) is 0 Å². The van der Waals surface area contributed by atoms with Gasteiger partial charge < -0.3 is 15.4 Å². The molecule has 1 aromatic heterocycles. The van der Waals surface area contributed by atoms with Crippen molar-refractivity contribution < 1.29 is 4.74 Å². The van der Waals surface area contributed by atoms with E-state index in [9.17, 15) is 0 Å². The van der Waals surface area contributed by atoms with Gasteiger partial charge in [0.05, 0.1) is 12.1 Å². The summed E-state index contributed by atoms with van der Waals surface area (Å²) < 4.78 is 5.32. The van der Waals surface area contributed by atoms with E-state index in [1.165, 1.54) is 0 Å². The van der Waals surface area contributed by atoms with Gasteiger partial charge in [0.25, 0.3) is 0 Å². The molecule has 2 atom stereocenters. The standard InChI is InChI=1S/C8H13N3OS/c1-12-7-5-9-4-6(7)11-8-10-2-3-13-8/h2-3,6-7,9H,4-5H2,1H3,(H,10,11)/t6?,7-/m0/s1. The van der Waals surface area contributed by atoms with Gasteiger partial charge in [0.1, 0.15) is 0 Å². The first-order chi connectivity index (χ1) is 6.40. The van der Waals surface area contributed by atoms with Crippen LogP contribution in [0.2, 0.25) is 0 Å². The number of nitrogens with one attached hydrogen (secondary N) is 2. The third-order valence-electron chi connectivity index (χ3n) is 2.20. The lowest BCUT2D eigenvalue weighted by Crippen LogP contribution is -2.33. The summed E-state index contributed by atoms with van der Waals surface area (Å²) >= 11 is 1.62. The van der Waals surface area contributed by atoms with Gasteiger partial charge in [0, 0.05) is 31.8 Å². The Morgan fingerprint density at radius 2 is 2.62 bits per heavy atom. The minimum Gasteiger partial charge on any atom is -0.378 e. The van der Waals surface area contributed by atoms with Crippen molar-refractivity contribution in [2.45, 2.75) is 12.1 Å². The molecule has 2 rings (SSSR count). The lowest BCUT2D eigenvalue weighted by molar-refractivity contribution is 0.111. The molecule has 2 N–H and O–H groups in total. The van der Waals surface area contributed by atoms with Crippen LogP contribution in [0.5, 0.6) is 0 Å². The van der Waals surface area contributed by atoms with Crippen molar-refractivity contribution in [3.8, 4) is 0 Å². The van der Waals surface area contributed by atoms with Crippen LogP contribution in [0.15, 0.2) is 11.6 Å². The van der Waals surface area contributed by atoms with Gasteiger partial charge in [-0.3, -0.25) is 0 Å². The van der Waals surface area contributed by atoms with Crippen molar-refractivity contribution in [3.05, 3.63) is 11.6 Å². The molecule has 5 heteroatoms. The van der Waals surface area contributed by atoms with E-state index >= 15 is 0 Å². The van der Waals surface area contributed by atoms with Crippen LogP contribution in [0, 0.1) is 0 Å². The smallest absolute Gasteiger partial charge is 0.182 e. The zero-order chi connectivity index (χ0) is 9.10. The van der Waals surface area contributed by atoms with Gasteiger partial charge >= 0.3 is 0 Å². The van der Waals surface area contributed by atoms with E-state index in [-0.39, 0.29) is 6.10 Å². The normalized spacial score (nSPS) is 27.8. The van der Waals surface area contributed by atoms with Crippen molar-refractivity contribution in [1.29, 1.82) is 0 Å². The molecule has 72 valence electrons. The number of hydrogen-bond acceptors (Lipinski definition) is 5. The van der Waals surface area contributed by atoms with Crippen molar-refractivity contribution in [2.75, 3.05) is 25.5 Å². The van der Waals surface area contributed by atoms with Gasteiger partial charge in [0.15, 0.2) is 5.13 Å². The molecule has 0 aromatic carbocycles. The number of anilines is 1. The number of thiazole rings is 1. The summed E-state index contributed by atoms with van der Waals surface area (Å²) in [5, 5.41) is 9.55. The van der Waals surface area contributed by atoms with Gasteiger partial charge in [-0.15, -0.1) is 11.3 Å². The number of nitrogens with zero attached hydrogens (tertiary/aromatic N) is 1. The molecule has 2 heterocycles. The zero-order valence-corrected chi connectivity index (χ0v) is 8.30. The molecule has 0 amide bonds. The molecule has 0 spiro atoms. The summed E-state index contributed by atoms with van der Waals surface area (Å²) in [6, 6.07) is 0.344. The second kappa shape index (κ2) is 4.04. The van der Waals surface area contributed by atoms with E-state index in [4.69, 9.17) is 4.74 Å². The number of hydrogen-bond donors (Lipinski definition) is 2. The van der Waals surface area contributed by atoms with E-state index in [1.54, 1.807) is 24.6 Å². The fourth-order valence-electron chi connectivity index (χ4n) is 1.50. The first-order valence-corrected chi connectivity index (χ1v) is 5.17. The van der Waals surface area contributed by atoms with Gasteiger partial charge in [0.2, 0.25) is 0 Å². The Morgan fingerprint density at radius 3 is 3.31 bits per heavy atom. The van der Waals surface area contributed by atoms with Crippen LogP contribution in [0.3, 0.4) is 0 Å². The molecule has 0 saturated carbocycles. The molecule has 1 unspecified atom stereocenters. The van der Waals surface area contributed by atoms with Crippen LogP contribution in [0.25, 0.3) is 0 Å². The maximum atomic E-state index is 5.32. The van der Waals surface area contributed by atoms with E-state index in [0.717, 1.165) is 18.2 Å². The Kier molecular flexibility index (Phi) is 2.77. The van der Waals surface area contributed by atoms with E-state index in [1.807, 2.05) is 5.38 Å². The summed E-state index contributed by atoms with van der Waals surface area (Å²) in [7, 11) is 1.74. The largest absolute Gasteiger partial charge is 0.378 e. The fourth-order valence-corrected chi connectivity index (χ4v) is 2.09. The number of aromatic nitrogens is 1. The Bertz CT molecular complexity index is 252. The first kappa shape index (κ1) is 8.93. The molecule has 1 saturated heterocycles. The third kappa shape index (κ3) is 1.99. The summed E-state index contributed by atoms with van der Waals surface area (Å²) in [5.41, 5.74) is 0. The molecule has 0 radical (unpaired) electrons. The van der Waals surface area contributed by atoms with E-state index < -0.39 is 0 Å². The zero-order valence-electron chi connectivity index (χ0n) is 7.49. The predicted octanol–water partition coefficient (Wildman–Crippen LogP) is 0.542. The Balaban J connectivity index is 1.94. The number of methoxy groups -OCH3 is 1. The van der Waals surface area contributed by atoms with Crippen LogP contribution >= 0.6 is 11.3 Å². The average molecular weight is 199 g/mol. The second-order valence-corrected chi connectivity index (χ2v) is 3.92. The molecule has 1 aliphatic heterocycles. The molecule has 4 nitrogen and oxygen atoms in total. The molecule has 13 heavy (non-hydrogen) atoms. The molecule has 0 bridgehead atoms. The molecular weight excluding hydrogens is 186 g/mol. The molecule has 1 fully saturated rings. The lowest BCUT2D eigenvalue weighted by atomic mass is 10.2. The van der Waals surface area contributed by atoms with Crippen molar-refractivity contribution in [2.24, 2.45) is 0 Å². The van der Waals surface area contributed by atoms with Crippen molar-refractivity contribution >= 4 is 16.5 Å². The van der Waals surface area contributed by atoms with Gasteiger partial charge in [-0.2, -0.15) is 0 Å². The quantitative estimate of drug-likeness (QED) is 0.746. The average Bonchev–Trinajstić information content (AvgIpc) is 2.76. The highest BCUT2D eigenvalue weighted by atomic mass is 32.1. The lowest BCUT2D eigenvalue weighted by Gasteiger charge is -2.17. The summed E-state index contributed by atoms with van der Waals surface area (Å²) in [4.78, 5) is 4.17. The fraction of sp³-hybridized carbons (Fsp3) is 0.625. The monoisotopic (exact) mass is 199 g/mol. The molecule has 1 aromatic rings. The Morgan fingerprint density at radius 1 is 1.69 bits per heavy atom. The highest BCUT2D eigenvalue weighted by Crippen LogP contribution is 2.15. The molecule has 1 aliphatic rings. The van der Waals surface area contributed by atoms with E-state index in [2.05, 4.69) is 15.6 Å². The van der Waals surface area contributed by atoms with Crippen LogP contribution in [0.4, 0.5) is 5.13 Å². The summed E-state index contributed by atoms with van der Waals surface area (Å²) in [6.07, 6.45) is 2.06. The van der Waals surface area contributed by atoms with Crippen molar-refractivity contribution in [3.63, 3.8) is 0 Å².